The Morgan fingerprint density at radius 2 is 2.25 bits per heavy atom. The lowest BCUT2D eigenvalue weighted by atomic mass is 9.81. The zero-order valence-corrected chi connectivity index (χ0v) is 12.2. The molecule has 0 fully saturated rings. The van der Waals surface area contributed by atoms with Crippen molar-refractivity contribution >= 4 is 33.7 Å². The summed E-state index contributed by atoms with van der Waals surface area (Å²) < 4.78 is 1.17. The molecule has 0 saturated heterocycles. The SMILES string of the molecule is CC(C)(C)C1c2sc(Br)cc2CCN1C=O. The predicted molar refractivity (Wildman–Crippen MR) is 70.7 cm³/mol. The van der Waals surface area contributed by atoms with E-state index in [1.165, 1.54) is 14.2 Å². The summed E-state index contributed by atoms with van der Waals surface area (Å²) in [7, 11) is 0. The molecule has 0 N–H and O–H groups in total. The average Bonchev–Trinajstić information content (AvgIpc) is 2.54. The third kappa shape index (κ3) is 2.05. The van der Waals surface area contributed by atoms with E-state index in [0.29, 0.717) is 0 Å². The number of amides is 1. The van der Waals surface area contributed by atoms with Gasteiger partial charge in [0.15, 0.2) is 0 Å². The fourth-order valence-electron chi connectivity index (χ4n) is 2.37. The van der Waals surface area contributed by atoms with E-state index in [4.69, 9.17) is 0 Å². The zero-order chi connectivity index (χ0) is 11.9. The first kappa shape index (κ1) is 12.1. The highest BCUT2D eigenvalue weighted by atomic mass is 79.9. The Balaban J connectivity index is 2.48. The van der Waals surface area contributed by atoms with E-state index in [0.717, 1.165) is 19.4 Å². The van der Waals surface area contributed by atoms with Gasteiger partial charge in [0, 0.05) is 11.4 Å². The summed E-state index contributed by atoms with van der Waals surface area (Å²) in [5.41, 5.74) is 1.48. The molecule has 0 radical (unpaired) electrons. The van der Waals surface area contributed by atoms with Gasteiger partial charge in [-0.2, -0.15) is 0 Å². The molecule has 0 spiro atoms. The van der Waals surface area contributed by atoms with Crippen molar-refractivity contribution in [2.45, 2.75) is 33.2 Å². The second kappa shape index (κ2) is 4.15. The quantitative estimate of drug-likeness (QED) is 0.726. The zero-order valence-electron chi connectivity index (χ0n) is 9.79. The van der Waals surface area contributed by atoms with E-state index in [-0.39, 0.29) is 11.5 Å². The Hall–Kier alpha value is -0.350. The molecule has 2 heterocycles. The van der Waals surface area contributed by atoms with Crippen LogP contribution in [0.25, 0.3) is 0 Å². The maximum Gasteiger partial charge on any atom is 0.210 e. The van der Waals surface area contributed by atoms with Crippen molar-refractivity contribution in [3.05, 3.63) is 20.3 Å². The summed E-state index contributed by atoms with van der Waals surface area (Å²) in [4.78, 5) is 14.4. The molecule has 1 atom stereocenters. The van der Waals surface area contributed by atoms with Crippen LogP contribution in [0.2, 0.25) is 0 Å². The van der Waals surface area contributed by atoms with Crippen LogP contribution in [-0.4, -0.2) is 17.9 Å². The highest BCUT2D eigenvalue weighted by Gasteiger charge is 2.36. The lowest BCUT2D eigenvalue weighted by molar-refractivity contribution is -0.123. The topological polar surface area (TPSA) is 20.3 Å². The minimum atomic E-state index is 0.0837. The molecule has 1 aliphatic rings. The molecule has 0 bridgehead atoms. The van der Waals surface area contributed by atoms with Gasteiger partial charge >= 0.3 is 0 Å². The van der Waals surface area contributed by atoms with Crippen LogP contribution in [0.15, 0.2) is 9.85 Å². The number of halogens is 1. The van der Waals surface area contributed by atoms with Crippen LogP contribution in [0.1, 0.15) is 37.3 Å². The smallest absolute Gasteiger partial charge is 0.210 e. The van der Waals surface area contributed by atoms with Crippen molar-refractivity contribution in [3.63, 3.8) is 0 Å². The molecular weight excluding hydrogens is 286 g/mol. The number of nitrogens with zero attached hydrogens (tertiary/aromatic N) is 1. The molecule has 1 aromatic rings. The lowest BCUT2D eigenvalue weighted by Gasteiger charge is -2.41. The van der Waals surface area contributed by atoms with Gasteiger partial charge in [0.25, 0.3) is 0 Å². The summed E-state index contributed by atoms with van der Waals surface area (Å²) >= 11 is 5.30. The molecule has 88 valence electrons. The second-order valence-electron chi connectivity index (χ2n) is 5.30. The lowest BCUT2D eigenvalue weighted by Crippen LogP contribution is -2.40. The van der Waals surface area contributed by atoms with Gasteiger partial charge in [-0.3, -0.25) is 4.79 Å². The fraction of sp³-hybridized carbons (Fsp3) is 0.583. The molecule has 0 aromatic carbocycles. The molecule has 0 saturated carbocycles. The standard InChI is InChI=1S/C12H16BrNOS/c1-12(2,3)11-10-8(6-9(13)16-10)4-5-14(11)7-15/h6-7,11H,4-5H2,1-3H3. The van der Waals surface area contributed by atoms with Crippen LogP contribution in [0.3, 0.4) is 0 Å². The Kier molecular flexibility index (Phi) is 3.14. The third-order valence-electron chi connectivity index (χ3n) is 2.99. The number of thiophene rings is 1. The number of rotatable bonds is 1. The van der Waals surface area contributed by atoms with E-state index in [1.54, 1.807) is 11.3 Å². The summed E-state index contributed by atoms with van der Waals surface area (Å²) in [5, 5.41) is 0. The van der Waals surface area contributed by atoms with Crippen molar-refractivity contribution in [2.24, 2.45) is 5.41 Å². The van der Waals surface area contributed by atoms with Crippen LogP contribution in [-0.2, 0) is 11.2 Å². The fourth-order valence-corrected chi connectivity index (χ4v) is 4.47. The summed E-state index contributed by atoms with van der Waals surface area (Å²) in [6, 6.07) is 2.41. The Morgan fingerprint density at radius 3 is 2.81 bits per heavy atom. The minimum Gasteiger partial charge on any atom is -0.337 e. The second-order valence-corrected chi connectivity index (χ2v) is 7.76. The molecule has 1 aromatic heterocycles. The van der Waals surface area contributed by atoms with E-state index < -0.39 is 0 Å². The predicted octanol–water partition coefficient (Wildman–Crippen LogP) is 3.61. The Morgan fingerprint density at radius 1 is 1.56 bits per heavy atom. The van der Waals surface area contributed by atoms with E-state index >= 15 is 0 Å². The van der Waals surface area contributed by atoms with Gasteiger partial charge in [0.1, 0.15) is 0 Å². The Labute approximate surface area is 109 Å². The van der Waals surface area contributed by atoms with Gasteiger partial charge in [-0.25, -0.2) is 0 Å². The normalized spacial score (nSPS) is 20.8. The number of carbonyl (C=O) groups excluding carboxylic acids is 1. The third-order valence-corrected chi connectivity index (χ3v) is 4.72. The first-order chi connectivity index (χ1) is 7.43. The van der Waals surface area contributed by atoms with E-state index in [2.05, 4.69) is 42.8 Å². The van der Waals surface area contributed by atoms with Gasteiger partial charge in [-0.05, 0) is 39.4 Å². The van der Waals surface area contributed by atoms with Crippen LogP contribution >= 0.6 is 27.3 Å². The minimum absolute atomic E-state index is 0.0837. The number of hydrogen-bond donors (Lipinski definition) is 0. The summed E-state index contributed by atoms with van der Waals surface area (Å²) in [6.07, 6.45) is 1.97. The largest absolute Gasteiger partial charge is 0.337 e. The van der Waals surface area contributed by atoms with Crippen molar-refractivity contribution in [1.29, 1.82) is 0 Å². The molecular formula is C12H16BrNOS. The van der Waals surface area contributed by atoms with Gasteiger partial charge in [-0.1, -0.05) is 20.8 Å². The van der Waals surface area contributed by atoms with Crippen molar-refractivity contribution < 1.29 is 4.79 Å². The highest BCUT2D eigenvalue weighted by molar-refractivity contribution is 9.11. The average molecular weight is 302 g/mol. The van der Waals surface area contributed by atoms with Gasteiger partial charge in [-0.15, -0.1) is 11.3 Å². The van der Waals surface area contributed by atoms with Crippen LogP contribution in [0, 0.1) is 5.41 Å². The van der Waals surface area contributed by atoms with E-state index in [9.17, 15) is 4.79 Å². The van der Waals surface area contributed by atoms with Gasteiger partial charge in [0.05, 0.1) is 9.83 Å². The van der Waals surface area contributed by atoms with Crippen molar-refractivity contribution in [3.8, 4) is 0 Å². The van der Waals surface area contributed by atoms with Crippen LogP contribution in [0.4, 0.5) is 0 Å². The van der Waals surface area contributed by atoms with Crippen molar-refractivity contribution in [1.82, 2.24) is 4.90 Å². The first-order valence-corrected chi connectivity index (χ1v) is 7.03. The number of hydrogen-bond acceptors (Lipinski definition) is 2. The maximum atomic E-state index is 11.2. The molecule has 1 unspecified atom stereocenters. The maximum absolute atomic E-state index is 11.2. The van der Waals surface area contributed by atoms with E-state index in [1.807, 2.05) is 4.90 Å². The molecule has 2 nitrogen and oxygen atoms in total. The first-order valence-electron chi connectivity index (χ1n) is 5.42. The van der Waals surface area contributed by atoms with Gasteiger partial charge < -0.3 is 4.90 Å². The Bertz CT molecular complexity index is 408. The molecule has 1 amide bonds. The van der Waals surface area contributed by atoms with Crippen LogP contribution < -0.4 is 0 Å². The summed E-state index contributed by atoms with van der Waals surface area (Å²) in [5.74, 6) is 0. The number of carbonyl (C=O) groups is 1. The van der Waals surface area contributed by atoms with Crippen molar-refractivity contribution in [2.75, 3.05) is 6.54 Å². The highest BCUT2D eigenvalue weighted by Crippen LogP contribution is 2.46. The van der Waals surface area contributed by atoms with Crippen LogP contribution in [0.5, 0.6) is 0 Å². The molecule has 0 aliphatic carbocycles. The molecule has 2 rings (SSSR count). The molecule has 1 aliphatic heterocycles. The monoisotopic (exact) mass is 301 g/mol. The molecule has 4 heteroatoms. The molecule has 16 heavy (non-hydrogen) atoms. The van der Waals surface area contributed by atoms with Gasteiger partial charge in [0.2, 0.25) is 6.41 Å². The summed E-state index contributed by atoms with van der Waals surface area (Å²) in [6.45, 7) is 7.41. The number of fused-ring (bicyclic) bond motifs is 1.